The third-order valence-corrected chi connectivity index (χ3v) is 4.02. The van der Waals surface area contributed by atoms with Crippen LogP contribution in [0.1, 0.15) is 20.1 Å². The van der Waals surface area contributed by atoms with Crippen molar-refractivity contribution in [3.8, 4) is 0 Å². The monoisotopic (exact) mass is 312 g/mol. The van der Waals surface area contributed by atoms with Crippen LogP contribution in [0.2, 0.25) is 0 Å². The summed E-state index contributed by atoms with van der Waals surface area (Å²) in [5.74, 6) is -0.700. The average molecular weight is 312 g/mol. The van der Waals surface area contributed by atoms with Crippen molar-refractivity contribution in [2.24, 2.45) is 0 Å². The number of rotatable bonds is 2. The van der Waals surface area contributed by atoms with Crippen LogP contribution in [0.15, 0.2) is 12.5 Å². The summed E-state index contributed by atoms with van der Waals surface area (Å²) in [6.45, 7) is 2.78. The van der Waals surface area contributed by atoms with E-state index in [0.29, 0.717) is 0 Å². The lowest BCUT2D eigenvalue weighted by molar-refractivity contribution is -0.0986. The van der Waals surface area contributed by atoms with Crippen molar-refractivity contribution in [3.63, 3.8) is 0 Å². The Morgan fingerprint density at radius 1 is 1.50 bits per heavy atom. The molecule has 9 heteroatoms. The van der Waals surface area contributed by atoms with Gasteiger partial charge < -0.3 is 25.8 Å². The molecule has 1 aliphatic rings. The number of ether oxygens (including phenoxy) is 1. The molecular weight excluding hydrogens is 295 g/mol. The van der Waals surface area contributed by atoms with E-state index in [4.69, 9.17) is 10.5 Å². The van der Waals surface area contributed by atoms with Crippen molar-refractivity contribution in [1.29, 1.82) is 0 Å². The van der Waals surface area contributed by atoms with Gasteiger partial charge in [-0.15, -0.1) is 0 Å². The number of nitrogen functional groups attached to an aromatic ring is 1. The number of anilines is 1. The van der Waals surface area contributed by atoms with Crippen LogP contribution < -0.4 is 5.73 Å². The van der Waals surface area contributed by atoms with E-state index in [1.807, 2.05) is 0 Å². The Bertz CT molecular complexity index is 717. The zero-order valence-electron chi connectivity index (χ0n) is 12.0. The highest BCUT2D eigenvalue weighted by atomic mass is 19.1. The van der Waals surface area contributed by atoms with Crippen LogP contribution in [0.4, 0.5) is 10.2 Å². The minimum atomic E-state index is -1.75. The first-order valence-electron chi connectivity index (χ1n) is 6.75. The van der Waals surface area contributed by atoms with Gasteiger partial charge in [0.05, 0.1) is 11.5 Å². The number of hydrogen-bond donors (Lipinski definition) is 4. The highest BCUT2D eigenvalue weighted by molar-refractivity contribution is 5.86. The van der Waals surface area contributed by atoms with Gasteiger partial charge in [0.2, 0.25) is 0 Å². The number of aliphatic hydroxyl groups excluding tert-OH is 2. The van der Waals surface area contributed by atoms with E-state index in [1.165, 1.54) is 24.7 Å². The third-order valence-electron chi connectivity index (χ3n) is 4.02. The number of hydrogen-bond acceptors (Lipinski definition) is 7. The number of aromatic nitrogens is 3. The lowest BCUT2D eigenvalue weighted by atomic mass is 9.94. The van der Waals surface area contributed by atoms with Crippen molar-refractivity contribution >= 4 is 16.9 Å². The van der Waals surface area contributed by atoms with E-state index in [9.17, 15) is 19.7 Å². The fourth-order valence-electron chi connectivity index (χ4n) is 2.81. The van der Waals surface area contributed by atoms with Crippen LogP contribution in [0.3, 0.4) is 0 Å². The summed E-state index contributed by atoms with van der Waals surface area (Å²) in [6.07, 6.45) is -2.27. The van der Waals surface area contributed by atoms with Crippen molar-refractivity contribution in [2.75, 3.05) is 5.73 Å². The molecule has 0 amide bonds. The first kappa shape index (κ1) is 15.1. The number of aliphatic hydroxyl groups is 3. The van der Waals surface area contributed by atoms with E-state index < -0.39 is 36.0 Å². The summed E-state index contributed by atoms with van der Waals surface area (Å²) in [5, 5.41) is 30.4. The molecule has 0 spiro atoms. The minimum Gasteiger partial charge on any atom is -0.391 e. The van der Waals surface area contributed by atoms with Gasteiger partial charge in [0, 0.05) is 6.20 Å². The number of halogens is 1. The summed E-state index contributed by atoms with van der Waals surface area (Å²) in [6, 6.07) is 0. The summed E-state index contributed by atoms with van der Waals surface area (Å²) < 4.78 is 20.9. The second kappa shape index (κ2) is 4.85. The molecule has 2 aromatic rings. The van der Waals surface area contributed by atoms with Crippen LogP contribution >= 0.6 is 0 Å². The maximum absolute atomic E-state index is 14.1. The molecule has 5 N–H and O–H groups in total. The molecular formula is C13H17FN4O4. The predicted octanol–water partition coefficient (Wildman–Crippen LogP) is -0.457. The van der Waals surface area contributed by atoms with Gasteiger partial charge in [0.1, 0.15) is 30.0 Å². The molecule has 1 fully saturated rings. The molecule has 3 rings (SSSR count). The van der Waals surface area contributed by atoms with Gasteiger partial charge in [-0.25, -0.2) is 14.4 Å². The van der Waals surface area contributed by atoms with Gasteiger partial charge in [0.25, 0.3) is 0 Å². The van der Waals surface area contributed by atoms with E-state index in [1.54, 1.807) is 0 Å². The van der Waals surface area contributed by atoms with E-state index in [-0.39, 0.29) is 16.9 Å². The number of fused-ring (bicyclic) bond motifs is 1. The number of nitrogens with zero attached hydrogens (tertiary/aromatic N) is 3. The van der Waals surface area contributed by atoms with Crippen molar-refractivity contribution in [2.45, 2.75) is 44.0 Å². The van der Waals surface area contributed by atoms with Crippen LogP contribution in [0.5, 0.6) is 0 Å². The fourth-order valence-corrected chi connectivity index (χ4v) is 2.81. The van der Waals surface area contributed by atoms with Crippen LogP contribution in [-0.4, -0.2) is 53.8 Å². The molecule has 0 aromatic carbocycles. The van der Waals surface area contributed by atoms with Gasteiger partial charge in [-0.05, 0) is 13.8 Å². The Morgan fingerprint density at radius 3 is 2.77 bits per heavy atom. The summed E-state index contributed by atoms with van der Waals surface area (Å²) in [4.78, 5) is 7.69. The predicted molar refractivity (Wildman–Crippen MR) is 74.1 cm³/mol. The standard InChI is InChI=1S/C13H17FN4O4/c1-5(19)8-9(20)13(2,21)12(22-8)18-3-6(14)7-10(15)16-4-17-11(7)18/h3-5,8-9,12,19-21H,1-2H3,(H2,15,16,17)/t5-,8+,9?,12+,13+/m0/s1. The van der Waals surface area contributed by atoms with Gasteiger partial charge in [-0.3, -0.25) is 4.57 Å². The maximum atomic E-state index is 14.1. The van der Waals surface area contributed by atoms with Crippen molar-refractivity contribution < 1.29 is 24.4 Å². The molecule has 0 bridgehead atoms. The molecule has 0 saturated carbocycles. The minimum absolute atomic E-state index is 0.0110. The van der Waals surface area contributed by atoms with Crippen LogP contribution in [-0.2, 0) is 4.74 Å². The molecule has 120 valence electrons. The van der Waals surface area contributed by atoms with Crippen molar-refractivity contribution in [1.82, 2.24) is 14.5 Å². The molecule has 22 heavy (non-hydrogen) atoms. The zero-order valence-corrected chi connectivity index (χ0v) is 12.0. The van der Waals surface area contributed by atoms with Crippen LogP contribution in [0.25, 0.3) is 11.0 Å². The molecule has 8 nitrogen and oxygen atoms in total. The highest BCUT2D eigenvalue weighted by Crippen LogP contribution is 2.41. The Kier molecular flexibility index (Phi) is 3.33. The third kappa shape index (κ3) is 1.97. The maximum Gasteiger partial charge on any atom is 0.167 e. The van der Waals surface area contributed by atoms with E-state index >= 15 is 0 Å². The summed E-state index contributed by atoms with van der Waals surface area (Å²) >= 11 is 0. The topological polar surface area (TPSA) is 127 Å². The molecule has 0 radical (unpaired) electrons. The second-order valence-electron chi connectivity index (χ2n) is 5.71. The van der Waals surface area contributed by atoms with E-state index in [2.05, 4.69) is 9.97 Å². The molecule has 3 heterocycles. The molecule has 5 atom stereocenters. The normalized spacial score (nSPS) is 33.5. The largest absolute Gasteiger partial charge is 0.391 e. The van der Waals surface area contributed by atoms with Gasteiger partial charge >= 0.3 is 0 Å². The summed E-state index contributed by atoms with van der Waals surface area (Å²) in [5.41, 5.74) is 4.03. The Labute approximate surface area is 125 Å². The quantitative estimate of drug-likeness (QED) is 0.591. The fraction of sp³-hybridized carbons (Fsp3) is 0.538. The Hall–Kier alpha value is -1.81. The molecule has 1 saturated heterocycles. The Balaban J connectivity index is 2.14. The first-order chi connectivity index (χ1) is 10.2. The van der Waals surface area contributed by atoms with Crippen molar-refractivity contribution in [3.05, 3.63) is 18.3 Å². The number of nitrogens with two attached hydrogens (primary N) is 1. The average Bonchev–Trinajstić information content (AvgIpc) is 2.87. The first-order valence-corrected chi connectivity index (χ1v) is 6.75. The lowest BCUT2D eigenvalue weighted by Crippen LogP contribution is -2.45. The second-order valence-corrected chi connectivity index (χ2v) is 5.71. The smallest absolute Gasteiger partial charge is 0.167 e. The zero-order chi connectivity index (χ0) is 16.2. The molecule has 0 aliphatic carbocycles. The van der Waals surface area contributed by atoms with Gasteiger partial charge in [0.15, 0.2) is 17.7 Å². The molecule has 2 aromatic heterocycles. The molecule has 1 aliphatic heterocycles. The molecule has 1 unspecified atom stereocenters. The SMILES string of the molecule is C[C@H](O)[C@H]1O[C@@H](n2cc(F)c3c(N)ncnc32)[C@](C)(O)C1O. The summed E-state index contributed by atoms with van der Waals surface area (Å²) in [7, 11) is 0. The van der Waals surface area contributed by atoms with E-state index in [0.717, 1.165) is 6.20 Å². The van der Waals surface area contributed by atoms with Gasteiger partial charge in [-0.1, -0.05) is 0 Å². The van der Waals surface area contributed by atoms with Gasteiger partial charge in [-0.2, -0.15) is 0 Å². The Morgan fingerprint density at radius 2 is 2.18 bits per heavy atom. The van der Waals surface area contributed by atoms with Crippen LogP contribution in [0, 0.1) is 5.82 Å². The lowest BCUT2D eigenvalue weighted by Gasteiger charge is -2.27. The highest BCUT2D eigenvalue weighted by Gasteiger charge is 2.54.